The molecule has 0 radical (unpaired) electrons. The predicted octanol–water partition coefficient (Wildman–Crippen LogP) is 2.63. The van der Waals surface area contributed by atoms with E-state index >= 15 is 0 Å². The number of urea groups is 1. The molecule has 1 aliphatic heterocycles. The van der Waals surface area contributed by atoms with Crippen molar-refractivity contribution >= 4 is 48.9 Å². The smallest absolute Gasteiger partial charge is 0.348 e. The van der Waals surface area contributed by atoms with Gasteiger partial charge in [-0.1, -0.05) is 0 Å². The van der Waals surface area contributed by atoms with E-state index in [0.717, 1.165) is 10.1 Å². The highest BCUT2D eigenvalue weighted by Crippen LogP contribution is 2.28. The number of fused-ring (bicyclic) bond motifs is 1. The third kappa shape index (κ3) is 4.53. The van der Waals surface area contributed by atoms with Crippen LogP contribution in [0.1, 0.15) is 23.0 Å². The Morgan fingerprint density at radius 2 is 2.12 bits per heavy atom. The molecule has 1 aromatic carbocycles. The molecule has 1 aliphatic rings. The van der Waals surface area contributed by atoms with Crippen LogP contribution < -0.4 is 10.6 Å². The third-order valence-corrected chi connectivity index (χ3v) is 7.06. The van der Waals surface area contributed by atoms with Crippen molar-refractivity contribution in [2.45, 2.75) is 13.3 Å². The Labute approximate surface area is 155 Å². The lowest BCUT2D eigenvalue weighted by atomic mass is 10.1. The molecule has 1 atom stereocenters. The molecule has 2 heterocycles. The van der Waals surface area contributed by atoms with Crippen LogP contribution in [-0.4, -0.2) is 45.1 Å². The Morgan fingerprint density at radius 3 is 2.81 bits per heavy atom. The monoisotopic (exact) mass is 396 g/mol. The molecule has 9 heteroatoms. The number of amides is 2. The maximum atomic E-state index is 12.0. The summed E-state index contributed by atoms with van der Waals surface area (Å²) in [7, 11) is -2.94. The maximum absolute atomic E-state index is 12.0. The number of ether oxygens (including phenoxy) is 1. The molecule has 26 heavy (non-hydrogen) atoms. The lowest BCUT2D eigenvalue weighted by Crippen LogP contribution is -2.33. The standard InChI is InChI=1S/C17H20N2O5S2/c1-2-24-16(20)15-8-12-7-13(3-4-14(12)25-15)19-17(21)18-9-11-5-6-26(22,23)10-11/h3-4,7-8,11H,2,5-6,9-10H2,1H3,(H2,18,19,21)/t11-/m0/s1. The van der Waals surface area contributed by atoms with E-state index in [2.05, 4.69) is 10.6 Å². The van der Waals surface area contributed by atoms with E-state index in [4.69, 9.17) is 4.74 Å². The van der Waals surface area contributed by atoms with Gasteiger partial charge in [0.05, 0.1) is 18.1 Å². The molecule has 1 saturated heterocycles. The molecule has 0 unspecified atom stereocenters. The summed E-state index contributed by atoms with van der Waals surface area (Å²) in [6.45, 7) is 2.41. The van der Waals surface area contributed by atoms with Gasteiger partial charge in [-0.2, -0.15) is 0 Å². The summed E-state index contributed by atoms with van der Waals surface area (Å²) >= 11 is 1.34. The topological polar surface area (TPSA) is 102 Å². The van der Waals surface area contributed by atoms with Crippen LogP contribution in [0.25, 0.3) is 10.1 Å². The molecule has 0 spiro atoms. The van der Waals surface area contributed by atoms with Crippen molar-refractivity contribution in [3.8, 4) is 0 Å². The van der Waals surface area contributed by atoms with Gasteiger partial charge in [-0.15, -0.1) is 11.3 Å². The number of esters is 1. The Morgan fingerprint density at radius 1 is 1.31 bits per heavy atom. The Hall–Kier alpha value is -2.13. The van der Waals surface area contributed by atoms with Gasteiger partial charge >= 0.3 is 12.0 Å². The van der Waals surface area contributed by atoms with E-state index in [1.165, 1.54) is 11.3 Å². The van der Waals surface area contributed by atoms with Crippen molar-refractivity contribution in [2.75, 3.05) is 30.0 Å². The fourth-order valence-corrected chi connectivity index (χ4v) is 5.67. The molecule has 3 rings (SSSR count). The van der Waals surface area contributed by atoms with Crippen LogP contribution >= 0.6 is 11.3 Å². The summed E-state index contributed by atoms with van der Waals surface area (Å²) in [5.41, 5.74) is 0.599. The molecule has 0 bridgehead atoms. The zero-order valence-corrected chi connectivity index (χ0v) is 15.9. The minimum absolute atomic E-state index is 0.0303. The molecule has 0 aliphatic carbocycles. The van der Waals surface area contributed by atoms with E-state index in [0.29, 0.717) is 30.1 Å². The average molecular weight is 396 g/mol. The number of carbonyl (C=O) groups is 2. The highest BCUT2D eigenvalue weighted by molar-refractivity contribution is 7.91. The minimum atomic E-state index is -2.94. The number of anilines is 1. The summed E-state index contributed by atoms with van der Waals surface area (Å²) < 4.78 is 28.8. The van der Waals surface area contributed by atoms with Crippen molar-refractivity contribution in [3.63, 3.8) is 0 Å². The second kappa shape index (κ2) is 7.63. The van der Waals surface area contributed by atoms with Crippen LogP contribution in [0, 0.1) is 5.92 Å². The summed E-state index contributed by atoms with van der Waals surface area (Å²) in [5, 5.41) is 6.29. The van der Waals surface area contributed by atoms with Gasteiger partial charge in [0, 0.05) is 16.9 Å². The van der Waals surface area contributed by atoms with E-state index in [1.807, 2.05) is 6.07 Å². The third-order valence-electron chi connectivity index (χ3n) is 4.13. The van der Waals surface area contributed by atoms with Gasteiger partial charge in [-0.05, 0) is 48.9 Å². The largest absolute Gasteiger partial charge is 0.462 e. The van der Waals surface area contributed by atoms with Gasteiger partial charge < -0.3 is 15.4 Å². The molecular formula is C17H20N2O5S2. The SMILES string of the molecule is CCOC(=O)c1cc2cc(NC(=O)NC[C@@H]3CCS(=O)(=O)C3)ccc2s1. The molecule has 1 fully saturated rings. The quantitative estimate of drug-likeness (QED) is 0.757. The minimum Gasteiger partial charge on any atom is -0.462 e. The Balaban J connectivity index is 1.59. The van der Waals surface area contributed by atoms with Gasteiger partial charge in [0.15, 0.2) is 9.84 Å². The molecule has 2 N–H and O–H groups in total. The molecule has 7 nitrogen and oxygen atoms in total. The lowest BCUT2D eigenvalue weighted by molar-refractivity contribution is 0.0532. The zero-order valence-electron chi connectivity index (χ0n) is 14.3. The van der Waals surface area contributed by atoms with Gasteiger partial charge in [0.2, 0.25) is 0 Å². The highest BCUT2D eigenvalue weighted by Gasteiger charge is 2.27. The van der Waals surface area contributed by atoms with Crippen molar-refractivity contribution in [2.24, 2.45) is 5.92 Å². The number of carbonyl (C=O) groups excluding carboxylic acids is 2. The van der Waals surface area contributed by atoms with Crippen LogP contribution in [0.3, 0.4) is 0 Å². The van der Waals surface area contributed by atoms with E-state index < -0.39 is 9.84 Å². The molecule has 2 amide bonds. The highest BCUT2D eigenvalue weighted by atomic mass is 32.2. The number of hydrogen-bond donors (Lipinski definition) is 2. The number of hydrogen-bond acceptors (Lipinski definition) is 6. The fraction of sp³-hybridized carbons (Fsp3) is 0.412. The van der Waals surface area contributed by atoms with E-state index in [9.17, 15) is 18.0 Å². The summed E-state index contributed by atoms with van der Waals surface area (Å²) in [5.74, 6) is -0.0617. The fourth-order valence-electron chi connectivity index (χ4n) is 2.87. The molecular weight excluding hydrogens is 376 g/mol. The lowest BCUT2D eigenvalue weighted by Gasteiger charge is -2.11. The predicted molar refractivity (Wildman–Crippen MR) is 102 cm³/mol. The first kappa shape index (κ1) is 18.7. The Kier molecular flexibility index (Phi) is 5.47. The normalized spacial score (nSPS) is 18.6. The van der Waals surface area contributed by atoms with Gasteiger partial charge in [0.25, 0.3) is 0 Å². The van der Waals surface area contributed by atoms with Crippen molar-refractivity contribution in [1.82, 2.24) is 5.32 Å². The van der Waals surface area contributed by atoms with Crippen molar-refractivity contribution in [1.29, 1.82) is 0 Å². The maximum Gasteiger partial charge on any atom is 0.348 e. The first-order chi connectivity index (χ1) is 12.4. The number of thiophene rings is 1. The first-order valence-corrected chi connectivity index (χ1v) is 11.0. The molecule has 140 valence electrons. The van der Waals surface area contributed by atoms with Crippen molar-refractivity contribution < 1.29 is 22.7 Å². The summed E-state index contributed by atoms with van der Waals surface area (Å²) in [4.78, 5) is 24.3. The average Bonchev–Trinajstić information content (AvgIpc) is 3.15. The number of benzene rings is 1. The van der Waals surface area contributed by atoms with Crippen LogP contribution in [0.2, 0.25) is 0 Å². The zero-order chi connectivity index (χ0) is 18.7. The number of rotatable bonds is 5. The van der Waals surface area contributed by atoms with Crippen LogP contribution in [0.4, 0.5) is 10.5 Å². The van der Waals surface area contributed by atoms with Gasteiger partial charge in [-0.3, -0.25) is 0 Å². The summed E-state index contributed by atoms with van der Waals surface area (Å²) in [6.07, 6.45) is 0.583. The molecule has 2 aromatic rings. The van der Waals surface area contributed by atoms with Crippen LogP contribution in [-0.2, 0) is 14.6 Å². The van der Waals surface area contributed by atoms with Crippen LogP contribution in [0.15, 0.2) is 24.3 Å². The van der Waals surface area contributed by atoms with E-state index in [1.54, 1.807) is 25.1 Å². The van der Waals surface area contributed by atoms with Crippen molar-refractivity contribution in [3.05, 3.63) is 29.1 Å². The first-order valence-electron chi connectivity index (χ1n) is 8.32. The van der Waals surface area contributed by atoms with E-state index in [-0.39, 0.29) is 29.4 Å². The van der Waals surface area contributed by atoms with Crippen LogP contribution in [0.5, 0.6) is 0 Å². The summed E-state index contributed by atoms with van der Waals surface area (Å²) in [6, 6.07) is 6.74. The van der Waals surface area contributed by atoms with Gasteiger partial charge in [-0.25, -0.2) is 18.0 Å². The molecule has 0 saturated carbocycles. The number of nitrogens with one attached hydrogen (secondary N) is 2. The molecule has 1 aromatic heterocycles. The second-order valence-electron chi connectivity index (χ2n) is 6.19. The Bertz CT molecular complexity index is 936. The number of sulfone groups is 1. The van der Waals surface area contributed by atoms with Gasteiger partial charge in [0.1, 0.15) is 4.88 Å². The second-order valence-corrected chi connectivity index (χ2v) is 9.50.